The number of amides is 1. The molecule has 0 atom stereocenters. The van der Waals surface area contributed by atoms with Crippen LogP contribution in [0.2, 0.25) is 5.02 Å². The van der Waals surface area contributed by atoms with E-state index in [4.69, 9.17) is 22.1 Å². The zero-order chi connectivity index (χ0) is 15.0. The van der Waals surface area contributed by atoms with Crippen LogP contribution in [0.15, 0.2) is 18.2 Å². The zero-order valence-corrected chi connectivity index (χ0v) is 12.9. The van der Waals surface area contributed by atoms with Crippen LogP contribution in [0.3, 0.4) is 0 Å². The quantitative estimate of drug-likeness (QED) is 0.689. The number of primary amides is 1. The molecule has 20 heavy (non-hydrogen) atoms. The molecule has 3 N–H and O–H groups in total. The van der Waals surface area contributed by atoms with E-state index in [9.17, 15) is 4.79 Å². The maximum absolute atomic E-state index is 11.0. The minimum Gasteiger partial charge on any atom is -0.379 e. The number of hydrogen-bond donors (Lipinski definition) is 2. The summed E-state index contributed by atoms with van der Waals surface area (Å²) in [5.41, 5.74) is 6.60. The predicted octanol–water partition coefficient (Wildman–Crippen LogP) is 2.73. The SMILES string of the molecule is CC(C)OCCCCNCc1ccc(C(N)=O)cc1Cl. The lowest BCUT2D eigenvalue weighted by atomic mass is 10.1. The van der Waals surface area contributed by atoms with Crippen LogP contribution in [0.5, 0.6) is 0 Å². The van der Waals surface area contributed by atoms with E-state index in [2.05, 4.69) is 5.32 Å². The van der Waals surface area contributed by atoms with Gasteiger partial charge < -0.3 is 15.8 Å². The first-order chi connectivity index (χ1) is 9.50. The molecule has 0 aliphatic carbocycles. The van der Waals surface area contributed by atoms with Crippen LogP contribution >= 0.6 is 11.6 Å². The first kappa shape index (κ1) is 17.0. The van der Waals surface area contributed by atoms with Crippen LogP contribution in [-0.4, -0.2) is 25.2 Å². The molecule has 4 nitrogen and oxygen atoms in total. The minimum atomic E-state index is -0.462. The van der Waals surface area contributed by atoms with E-state index in [-0.39, 0.29) is 0 Å². The summed E-state index contributed by atoms with van der Waals surface area (Å²) in [4.78, 5) is 11.0. The molecule has 0 unspecified atom stereocenters. The van der Waals surface area contributed by atoms with Gasteiger partial charge in [0.2, 0.25) is 5.91 Å². The van der Waals surface area contributed by atoms with Crippen molar-refractivity contribution in [1.82, 2.24) is 5.32 Å². The normalized spacial score (nSPS) is 11.0. The Morgan fingerprint density at radius 2 is 2.15 bits per heavy atom. The molecule has 1 rings (SSSR count). The number of nitrogens with two attached hydrogens (primary N) is 1. The number of unbranched alkanes of at least 4 members (excludes halogenated alkanes) is 1. The molecule has 0 spiro atoms. The largest absolute Gasteiger partial charge is 0.379 e. The van der Waals surface area contributed by atoms with Gasteiger partial charge >= 0.3 is 0 Å². The third kappa shape index (κ3) is 6.37. The monoisotopic (exact) mass is 298 g/mol. The van der Waals surface area contributed by atoms with Crippen molar-refractivity contribution in [1.29, 1.82) is 0 Å². The Bertz CT molecular complexity index is 436. The van der Waals surface area contributed by atoms with Gasteiger partial charge in [-0.05, 0) is 50.9 Å². The maximum Gasteiger partial charge on any atom is 0.248 e. The molecule has 112 valence electrons. The second-order valence-corrected chi connectivity index (χ2v) is 5.38. The maximum atomic E-state index is 11.0. The molecule has 1 aromatic rings. The summed E-state index contributed by atoms with van der Waals surface area (Å²) < 4.78 is 5.47. The number of benzene rings is 1. The van der Waals surface area contributed by atoms with Gasteiger partial charge in [-0.25, -0.2) is 0 Å². The van der Waals surface area contributed by atoms with Gasteiger partial charge in [-0.15, -0.1) is 0 Å². The molecular weight excluding hydrogens is 276 g/mol. The summed E-state index contributed by atoms with van der Waals surface area (Å²) in [5.74, 6) is -0.462. The number of nitrogens with one attached hydrogen (secondary N) is 1. The fourth-order valence-electron chi connectivity index (χ4n) is 1.74. The van der Waals surface area contributed by atoms with E-state index in [1.807, 2.05) is 19.9 Å². The number of carbonyl (C=O) groups excluding carboxylic acids is 1. The highest BCUT2D eigenvalue weighted by Crippen LogP contribution is 2.17. The predicted molar refractivity (Wildman–Crippen MR) is 82.0 cm³/mol. The zero-order valence-electron chi connectivity index (χ0n) is 12.1. The molecule has 0 aliphatic heterocycles. The minimum absolute atomic E-state index is 0.297. The van der Waals surface area contributed by atoms with Crippen LogP contribution in [-0.2, 0) is 11.3 Å². The van der Waals surface area contributed by atoms with E-state index < -0.39 is 5.91 Å². The van der Waals surface area contributed by atoms with Gasteiger partial charge in [0, 0.05) is 23.7 Å². The summed E-state index contributed by atoms with van der Waals surface area (Å²) in [6.07, 6.45) is 2.40. The van der Waals surface area contributed by atoms with E-state index in [1.165, 1.54) is 0 Å². The van der Waals surface area contributed by atoms with Gasteiger partial charge in [-0.3, -0.25) is 4.79 Å². The fourth-order valence-corrected chi connectivity index (χ4v) is 1.99. The lowest BCUT2D eigenvalue weighted by Gasteiger charge is -2.09. The molecule has 0 aliphatic rings. The van der Waals surface area contributed by atoms with E-state index in [0.29, 0.717) is 23.2 Å². The van der Waals surface area contributed by atoms with Crippen molar-refractivity contribution in [2.24, 2.45) is 5.73 Å². The molecular formula is C15H23ClN2O2. The summed E-state index contributed by atoms with van der Waals surface area (Å²) in [6, 6.07) is 5.14. The molecule has 0 fully saturated rings. The van der Waals surface area contributed by atoms with Gasteiger partial charge in [-0.2, -0.15) is 0 Å². The van der Waals surface area contributed by atoms with Gasteiger partial charge in [0.05, 0.1) is 6.10 Å². The van der Waals surface area contributed by atoms with Crippen LogP contribution in [0.1, 0.15) is 42.6 Å². The highest BCUT2D eigenvalue weighted by atomic mass is 35.5. The fraction of sp³-hybridized carbons (Fsp3) is 0.533. The summed E-state index contributed by atoms with van der Waals surface area (Å²) in [5, 5.41) is 3.89. The van der Waals surface area contributed by atoms with Gasteiger partial charge in [0.15, 0.2) is 0 Å². The van der Waals surface area contributed by atoms with Crippen molar-refractivity contribution in [3.05, 3.63) is 34.3 Å². The van der Waals surface area contributed by atoms with Crippen molar-refractivity contribution in [2.45, 2.75) is 39.3 Å². The molecule has 0 heterocycles. The third-order valence-corrected chi connectivity index (χ3v) is 3.20. The van der Waals surface area contributed by atoms with Gasteiger partial charge in [0.25, 0.3) is 0 Å². The van der Waals surface area contributed by atoms with Crippen molar-refractivity contribution in [2.75, 3.05) is 13.2 Å². The van der Waals surface area contributed by atoms with Gasteiger partial charge in [0.1, 0.15) is 0 Å². The lowest BCUT2D eigenvalue weighted by molar-refractivity contribution is 0.0760. The van der Waals surface area contributed by atoms with Crippen molar-refractivity contribution < 1.29 is 9.53 Å². The highest BCUT2D eigenvalue weighted by Gasteiger charge is 2.05. The van der Waals surface area contributed by atoms with Crippen LogP contribution in [0.25, 0.3) is 0 Å². The van der Waals surface area contributed by atoms with Crippen molar-refractivity contribution in [3.8, 4) is 0 Å². The number of ether oxygens (including phenoxy) is 1. The molecule has 0 radical (unpaired) electrons. The second kappa shape index (κ2) is 8.95. The lowest BCUT2D eigenvalue weighted by Crippen LogP contribution is -2.16. The first-order valence-corrected chi connectivity index (χ1v) is 7.29. The highest BCUT2D eigenvalue weighted by molar-refractivity contribution is 6.31. The molecule has 1 amide bonds. The molecule has 0 saturated carbocycles. The Hall–Kier alpha value is -1.10. The second-order valence-electron chi connectivity index (χ2n) is 4.97. The van der Waals surface area contributed by atoms with Crippen molar-refractivity contribution >= 4 is 17.5 Å². The van der Waals surface area contributed by atoms with Crippen LogP contribution in [0, 0.1) is 0 Å². The average molecular weight is 299 g/mol. The third-order valence-electron chi connectivity index (χ3n) is 2.85. The Balaban J connectivity index is 2.24. The molecule has 0 saturated heterocycles. The summed E-state index contributed by atoms with van der Waals surface area (Å²) in [6.45, 7) is 6.47. The van der Waals surface area contributed by atoms with E-state index in [1.54, 1.807) is 12.1 Å². The van der Waals surface area contributed by atoms with E-state index >= 15 is 0 Å². The van der Waals surface area contributed by atoms with E-state index in [0.717, 1.165) is 31.6 Å². The molecule has 1 aromatic carbocycles. The molecule has 0 aromatic heterocycles. The Kier molecular flexibility index (Phi) is 7.59. The Labute approximate surface area is 125 Å². The average Bonchev–Trinajstić information content (AvgIpc) is 2.38. The Morgan fingerprint density at radius 3 is 2.75 bits per heavy atom. The number of carbonyl (C=O) groups is 1. The smallest absolute Gasteiger partial charge is 0.248 e. The van der Waals surface area contributed by atoms with Crippen LogP contribution < -0.4 is 11.1 Å². The van der Waals surface area contributed by atoms with Crippen molar-refractivity contribution in [3.63, 3.8) is 0 Å². The standard InChI is InChI=1S/C15H23ClN2O2/c1-11(2)20-8-4-3-7-18-10-13-6-5-12(15(17)19)9-14(13)16/h5-6,9,11,18H,3-4,7-8,10H2,1-2H3,(H2,17,19). The molecule has 5 heteroatoms. The number of rotatable bonds is 9. The summed E-state index contributed by atoms with van der Waals surface area (Å²) in [7, 11) is 0. The first-order valence-electron chi connectivity index (χ1n) is 6.91. The topological polar surface area (TPSA) is 64.3 Å². The number of halogens is 1. The van der Waals surface area contributed by atoms with Crippen LogP contribution in [0.4, 0.5) is 0 Å². The Morgan fingerprint density at radius 1 is 1.40 bits per heavy atom. The summed E-state index contributed by atoms with van der Waals surface area (Å²) >= 11 is 6.10. The number of hydrogen-bond acceptors (Lipinski definition) is 3. The molecule has 0 bridgehead atoms. The van der Waals surface area contributed by atoms with Gasteiger partial charge in [-0.1, -0.05) is 17.7 Å².